The monoisotopic (exact) mass is 350 g/mol. The van der Waals surface area contributed by atoms with Gasteiger partial charge in [-0.25, -0.2) is 14.8 Å². The van der Waals surface area contributed by atoms with Crippen molar-refractivity contribution < 1.29 is 14.3 Å². The lowest BCUT2D eigenvalue weighted by Crippen LogP contribution is -2.36. The van der Waals surface area contributed by atoms with Crippen molar-refractivity contribution in [3.8, 4) is 0 Å². The Morgan fingerprint density at radius 1 is 1.29 bits per heavy atom. The second kappa shape index (κ2) is 7.37. The van der Waals surface area contributed by atoms with E-state index in [1.54, 1.807) is 12.4 Å². The van der Waals surface area contributed by atoms with E-state index in [2.05, 4.69) is 35.1 Å². The molecule has 1 saturated heterocycles. The molecule has 1 N–H and O–H groups in total. The number of aromatic nitrogens is 4. The topological polar surface area (TPSA) is 102 Å². The molecule has 0 amide bonds. The van der Waals surface area contributed by atoms with E-state index in [9.17, 15) is 4.79 Å². The summed E-state index contributed by atoms with van der Waals surface area (Å²) in [6, 6.07) is 1.46. The van der Waals surface area contributed by atoms with E-state index in [1.807, 2.05) is 0 Å². The van der Waals surface area contributed by atoms with Gasteiger partial charge in [-0.3, -0.25) is 0 Å². The van der Waals surface area contributed by atoms with E-state index in [0.717, 1.165) is 18.8 Å². The minimum Gasteiger partial charge on any atom is -0.464 e. The number of esters is 1. The lowest BCUT2D eigenvalue weighted by Gasteiger charge is -2.28. The molecule has 1 fully saturated rings. The Morgan fingerprint density at radius 3 is 2.67 bits per heavy atom. The molecule has 0 aromatic carbocycles. The molecule has 126 valence electrons. The number of halogens is 1. The lowest BCUT2D eigenvalue weighted by atomic mass is 10.3. The summed E-state index contributed by atoms with van der Waals surface area (Å²) in [6.45, 7) is 2.96. The minimum atomic E-state index is -0.633. The van der Waals surface area contributed by atoms with Crippen LogP contribution >= 0.6 is 11.6 Å². The van der Waals surface area contributed by atoms with Gasteiger partial charge in [0.1, 0.15) is 0 Å². The van der Waals surface area contributed by atoms with Crippen molar-refractivity contribution in [1.29, 1.82) is 0 Å². The normalized spacial score (nSPS) is 14.3. The zero-order valence-corrected chi connectivity index (χ0v) is 13.7. The molecule has 1 aliphatic heterocycles. The van der Waals surface area contributed by atoms with Crippen LogP contribution in [0, 0.1) is 0 Å². The zero-order chi connectivity index (χ0) is 16.9. The fourth-order valence-corrected chi connectivity index (χ4v) is 2.35. The number of morpholine rings is 1. The molecule has 0 bridgehead atoms. The van der Waals surface area contributed by atoms with Crippen LogP contribution in [0.3, 0.4) is 0 Å². The Labute approximate surface area is 143 Å². The fourth-order valence-electron chi connectivity index (χ4n) is 2.20. The molecule has 10 heteroatoms. The third kappa shape index (κ3) is 3.69. The number of nitrogens with zero attached hydrogens (tertiary/aromatic N) is 5. The molecule has 2 aromatic rings. The van der Waals surface area contributed by atoms with Crippen molar-refractivity contribution in [2.24, 2.45) is 0 Å². The van der Waals surface area contributed by atoms with Crippen molar-refractivity contribution in [2.45, 2.75) is 0 Å². The molecule has 0 saturated carbocycles. The predicted octanol–water partition coefficient (Wildman–Crippen LogP) is 1.29. The average molecular weight is 351 g/mol. The summed E-state index contributed by atoms with van der Waals surface area (Å²) in [7, 11) is 1.26. The summed E-state index contributed by atoms with van der Waals surface area (Å²) in [5.41, 5.74) is 1.23. The fraction of sp³-hybridized carbons (Fsp3) is 0.357. The number of anilines is 3. The maximum Gasteiger partial charge on any atom is 0.360 e. The largest absolute Gasteiger partial charge is 0.464 e. The Morgan fingerprint density at radius 2 is 2.00 bits per heavy atom. The molecule has 9 nitrogen and oxygen atoms in total. The Bertz CT molecular complexity index is 721. The number of nitrogens with one attached hydrogen (secondary N) is 1. The van der Waals surface area contributed by atoms with Gasteiger partial charge in [0.15, 0.2) is 10.8 Å². The highest BCUT2D eigenvalue weighted by molar-refractivity contribution is 6.29. The first-order valence-electron chi connectivity index (χ1n) is 7.20. The number of rotatable bonds is 4. The number of methoxy groups -OCH3 is 1. The van der Waals surface area contributed by atoms with Crippen molar-refractivity contribution in [3.63, 3.8) is 0 Å². The highest BCUT2D eigenvalue weighted by Gasteiger charge is 2.17. The van der Waals surface area contributed by atoms with Crippen LogP contribution in [0.4, 0.5) is 17.3 Å². The van der Waals surface area contributed by atoms with Gasteiger partial charge >= 0.3 is 5.97 Å². The Kier molecular flexibility index (Phi) is 5.02. The zero-order valence-electron chi connectivity index (χ0n) is 12.9. The third-order valence-electron chi connectivity index (χ3n) is 3.40. The van der Waals surface area contributed by atoms with Crippen LogP contribution in [-0.4, -0.2) is 59.5 Å². The number of hydrogen-bond acceptors (Lipinski definition) is 9. The molecule has 1 aliphatic rings. The standard InChI is InChI=1S/C14H15ClN6O3/c1-23-13(22)12-10(6-11(15)19-20-12)18-14-16-7-9(8-17-14)21-2-4-24-5-3-21/h6-8H,2-5H2,1H3,(H,16,17,18,19). The van der Waals surface area contributed by atoms with E-state index in [1.165, 1.54) is 13.2 Å². The first-order chi connectivity index (χ1) is 11.7. The van der Waals surface area contributed by atoms with Crippen molar-refractivity contribution in [2.75, 3.05) is 43.6 Å². The summed E-state index contributed by atoms with van der Waals surface area (Å²) in [6.07, 6.45) is 3.41. The van der Waals surface area contributed by atoms with Crippen molar-refractivity contribution in [3.05, 3.63) is 29.3 Å². The van der Waals surface area contributed by atoms with Crippen molar-refractivity contribution >= 4 is 34.9 Å². The lowest BCUT2D eigenvalue weighted by molar-refractivity contribution is 0.0594. The SMILES string of the molecule is COC(=O)c1nnc(Cl)cc1Nc1ncc(N2CCOCC2)cn1. The van der Waals surface area contributed by atoms with Gasteiger partial charge in [0.25, 0.3) is 0 Å². The molecule has 0 aliphatic carbocycles. The third-order valence-corrected chi connectivity index (χ3v) is 3.59. The first-order valence-corrected chi connectivity index (χ1v) is 7.58. The quantitative estimate of drug-likeness (QED) is 0.817. The molecule has 3 rings (SSSR count). The summed E-state index contributed by atoms with van der Waals surface area (Å²) in [5.74, 6) is -0.326. The predicted molar refractivity (Wildman–Crippen MR) is 86.7 cm³/mol. The summed E-state index contributed by atoms with van der Waals surface area (Å²) < 4.78 is 9.99. The molecular formula is C14H15ClN6O3. The number of carbonyl (C=O) groups excluding carboxylic acids is 1. The number of ether oxygens (including phenoxy) is 2. The van der Waals surface area contributed by atoms with E-state index in [0.29, 0.717) is 24.8 Å². The van der Waals surface area contributed by atoms with E-state index in [-0.39, 0.29) is 10.8 Å². The molecule has 0 spiro atoms. The van der Waals surface area contributed by atoms with E-state index < -0.39 is 5.97 Å². The van der Waals surface area contributed by atoms with Crippen LogP contribution in [0.2, 0.25) is 5.15 Å². The average Bonchev–Trinajstić information content (AvgIpc) is 2.63. The van der Waals surface area contributed by atoms with Gasteiger partial charge in [0.2, 0.25) is 5.95 Å². The van der Waals surface area contributed by atoms with Gasteiger partial charge in [-0.2, -0.15) is 0 Å². The highest BCUT2D eigenvalue weighted by atomic mass is 35.5. The minimum absolute atomic E-state index is 0.00255. The number of carbonyl (C=O) groups is 1. The first kappa shape index (κ1) is 16.3. The van der Waals surface area contributed by atoms with Crippen LogP contribution < -0.4 is 10.2 Å². The van der Waals surface area contributed by atoms with Crippen LogP contribution in [0.25, 0.3) is 0 Å². The molecular weight excluding hydrogens is 336 g/mol. The molecule has 0 unspecified atom stereocenters. The molecule has 0 atom stereocenters. The maximum atomic E-state index is 11.7. The van der Waals surface area contributed by atoms with Crippen LogP contribution in [0.5, 0.6) is 0 Å². The highest BCUT2D eigenvalue weighted by Crippen LogP contribution is 2.21. The molecule has 24 heavy (non-hydrogen) atoms. The Balaban J connectivity index is 1.78. The van der Waals surface area contributed by atoms with Gasteiger partial charge in [-0.1, -0.05) is 11.6 Å². The van der Waals surface area contributed by atoms with E-state index in [4.69, 9.17) is 16.3 Å². The maximum absolute atomic E-state index is 11.7. The van der Waals surface area contributed by atoms with E-state index >= 15 is 0 Å². The van der Waals surface area contributed by atoms with Crippen LogP contribution in [-0.2, 0) is 9.47 Å². The summed E-state index contributed by atoms with van der Waals surface area (Å²) >= 11 is 5.83. The van der Waals surface area contributed by atoms with Gasteiger partial charge in [-0.15, -0.1) is 10.2 Å². The van der Waals surface area contributed by atoms with Gasteiger partial charge < -0.3 is 19.7 Å². The molecule has 0 radical (unpaired) electrons. The second-order valence-corrected chi connectivity index (χ2v) is 5.30. The summed E-state index contributed by atoms with van der Waals surface area (Å²) in [4.78, 5) is 22.4. The summed E-state index contributed by atoms with van der Waals surface area (Å²) in [5, 5.41) is 10.4. The van der Waals surface area contributed by atoms with Crippen LogP contribution in [0.15, 0.2) is 18.5 Å². The van der Waals surface area contributed by atoms with Crippen molar-refractivity contribution in [1.82, 2.24) is 20.2 Å². The second-order valence-electron chi connectivity index (χ2n) is 4.91. The molecule has 2 aromatic heterocycles. The number of hydrogen-bond donors (Lipinski definition) is 1. The van der Waals surface area contributed by atoms with Gasteiger partial charge in [0, 0.05) is 19.2 Å². The van der Waals surface area contributed by atoms with Crippen LogP contribution in [0.1, 0.15) is 10.5 Å². The molecule has 3 heterocycles. The Hall–Kier alpha value is -2.52. The van der Waals surface area contributed by atoms with Gasteiger partial charge in [-0.05, 0) is 0 Å². The smallest absolute Gasteiger partial charge is 0.360 e. The van der Waals surface area contributed by atoms with Gasteiger partial charge in [0.05, 0.1) is 44.1 Å².